The summed E-state index contributed by atoms with van der Waals surface area (Å²) in [5.41, 5.74) is 2.27. The number of nitrogens with zero attached hydrogens (tertiary/aromatic N) is 2. The van der Waals surface area contributed by atoms with Crippen LogP contribution in [0.2, 0.25) is 0 Å². The number of hydrogen-bond acceptors (Lipinski definition) is 5. The van der Waals surface area contributed by atoms with Gasteiger partial charge in [-0.15, -0.1) is 11.3 Å². The van der Waals surface area contributed by atoms with E-state index in [2.05, 4.69) is 27.6 Å². The van der Waals surface area contributed by atoms with E-state index in [0.29, 0.717) is 22.1 Å². The smallest absolute Gasteiger partial charge is 0.262 e. The standard InChI is InChI=1S/C16H15N3O2S/c1-10-14(11(2)21-19-10)15(20)18-16-17-9-13(22-16)8-12-6-4-3-5-7-12/h3-7,9H,8H2,1-2H3,(H,17,18,20). The zero-order valence-electron chi connectivity index (χ0n) is 12.3. The fourth-order valence-electron chi connectivity index (χ4n) is 2.21. The summed E-state index contributed by atoms with van der Waals surface area (Å²) in [6.45, 7) is 3.46. The van der Waals surface area contributed by atoms with Crippen LogP contribution in [0.4, 0.5) is 5.13 Å². The number of benzene rings is 1. The van der Waals surface area contributed by atoms with Crippen molar-refractivity contribution < 1.29 is 9.32 Å². The summed E-state index contributed by atoms with van der Waals surface area (Å²) in [6.07, 6.45) is 2.60. The first kappa shape index (κ1) is 14.5. The van der Waals surface area contributed by atoms with E-state index in [1.54, 1.807) is 20.0 Å². The Morgan fingerprint density at radius 1 is 1.27 bits per heavy atom. The van der Waals surface area contributed by atoms with Gasteiger partial charge in [-0.1, -0.05) is 35.5 Å². The van der Waals surface area contributed by atoms with Crippen molar-refractivity contribution in [3.8, 4) is 0 Å². The lowest BCUT2D eigenvalue weighted by atomic mass is 10.1. The van der Waals surface area contributed by atoms with Crippen molar-refractivity contribution in [3.63, 3.8) is 0 Å². The molecule has 0 unspecified atom stereocenters. The maximum atomic E-state index is 12.2. The van der Waals surface area contributed by atoms with Gasteiger partial charge in [0.05, 0.1) is 5.69 Å². The molecule has 22 heavy (non-hydrogen) atoms. The Morgan fingerprint density at radius 2 is 2.05 bits per heavy atom. The van der Waals surface area contributed by atoms with Gasteiger partial charge in [0.1, 0.15) is 11.3 Å². The Balaban J connectivity index is 1.71. The molecule has 2 heterocycles. The molecule has 0 aliphatic carbocycles. The summed E-state index contributed by atoms with van der Waals surface area (Å²) in [5, 5.41) is 7.17. The van der Waals surface area contributed by atoms with Crippen molar-refractivity contribution in [1.82, 2.24) is 10.1 Å². The molecule has 5 nitrogen and oxygen atoms in total. The second kappa shape index (κ2) is 6.11. The maximum Gasteiger partial charge on any atom is 0.262 e. The molecule has 6 heteroatoms. The van der Waals surface area contributed by atoms with Gasteiger partial charge in [0, 0.05) is 17.5 Å². The highest BCUT2D eigenvalue weighted by molar-refractivity contribution is 7.15. The SMILES string of the molecule is Cc1noc(C)c1C(=O)Nc1ncc(Cc2ccccc2)s1. The fourth-order valence-corrected chi connectivity index (χ4v) is 3.05. The summed E-state index contributed by atoms with van der Waals surface area (Å²) >= 11 is 1.47. The summed E-state index contributed by atoms with van der Waals surface area (Å²) in [4.78, 5) is 17.6. The molecule has 0 aliphatic rings. The molecule has 0 fully saturated rings. The third-order valence-electron chi connectivity index (χ3n) is 3.26. The first-order chi connectivity index (χ1) is 10.6. The van der Waals surface area contributed by atoms with E-state index in [9.17, 15) is 4.79 Å². The van der Waals surface area contributed by atoms with Gasteiger partial charge in [0.15, 0.2) is 5.13 Å². The Morgan fingerprint density at radius 3 is 2.73 bits per heavy atom. The van der Waals surface area contributed by atoms with Gasteiger partial charge in [-0.25, -0.2) is 4.98 Å². The number of aryl methyl sites for hydroxylation is 2. The lowest BCUT2D eigenvalue weighted by molar-refractivity contribution is 0.102. The molecule has 0 spiro atoms. The van der Waals surface area contributed by atoms with Crippen molar-refractivity contribution in [2.45, 2.75) is 20.3 Å². The molecule has 0 bridgehead atoms. The van der Waals surface area contributed by atoms with Crippen LogP contribution in [0.15, 0.2) is 41.1 Å². The number of nitrogens with one attached hydrogen (secondary N) is 1. The monoisotopic (exact) mass is 313 g/mol. The third-order valence-corrected chi connectivity index (χ3v) is 4.17. The van der Waals surface area contributed by atoms with Crippen LogP contribution in [-0.2, 0) is 6.42 Å². The lowest BCUT2D eigenvalue weighted by Crippen LogP contribution is -2.13. The minimum absolute atomic E-state index is 0.239. The van der Waals surface area contributed by atoms with Crippen molar-refractivity contribution in [2.24, 2.45) is 0 Å². The molecule has 2 aromatic heterocycles. The van der Waals surface area contributed by atoms with Crippen molar-refractivity contribution in [1.29, 1.82) is 0 Å². The van der Waals surface area contributed by atoms with Crippen LogP contribution in [0.25, 0.3) is 0 Å². The molecule has 0 saturated carbocycles. The summed E-state index contributed by atoms with van der Waals surface area (Å²) < 4.78 is 5.01. The number of thiazole rings is 1. The van der Waals surface area contributed by atoms with Gasteiger partial charge in [0.25, 0.3) is 5.91 Å². The van der Waals surface area contributed by atoms with E-state index in [1.807, 2.05) is 18.2 Å². The van der Waals surface area contributed by atoms with Crippen LogP contribution in [0.1, 0.15) is 32.3 Å². The normalized spacial score (nSPS) is 10.6. The largest absolute Gasteiger partial charge is 0.361 e. The Kier molecular flexibility index (Phi) is 4.02. The molecular weight excluding hydrogens is 298 g/mol. The molecule has 1 amide bonds. The number of amides is 1. The van der Waals surface area contributed by atoms with Crippen LogP contribution in [0.5, 0.6) is 0 Å². The molecule has 3 aromatic rings. The molecule has 0 aliphatic heterocycles. The van der Waals surface area contributed by atoms with E-state index in [0.717, 1.165) is 11.3 Å². The number of rotatable bonds is 4. The number of anilines is 1. The minimum Gasteiger partial charge on any atom is -0.361 e. The minimum atomic E-state index is -0.239. The average molecular weight is 313 g/mol. The fraction of sp³-hybridized carbons (Fsp3) is 0.188. The third kappa shape index (κ3) is 3.07. The molecule has 112 valence electrons. The highest BCUT2D eigenvalue weighted by Gasteiger charge is 2.18. The Hall–Kier alpha value is -2.47. The molecule has 3 rings (SSSR count). The van der Waals surface area contributed by atoms with Gasteiger partial charge >= 0.3 is 0 Å². The van der Waals surface area contributed by atoms with Gasteiger partial charge in [-0.3, -0.25) is 10.1 Å². The number of carbonyl (C=O) groups excluding carboxylic acids is 1. The number of carbonyl (C=O) groups is 1. The van der Waals surface area contributed by atoms with E-state index in [4.69, 9.17) is 4.52 Å². The molecule has 1 aromatic carbocycles. The van der Waals surface area contributed by atoms with Crippen LogP contribution in [0.3, 0.4) is 0 Å². The summed E-state index contributed by atoms with van der Waals surface area (Å²) in [7, 11) is 0. The van der Waals surface area contributed by atoms with Crippen LogP contribution in [-0.4, -0.2) is 16.0 Å². The molecule has 0 saturated heterocycles. The first-order valence-corrected chi connectivity index (χ1v) is 7.68. The molecular formula is C16H15N3O2S. The molecule has 0 radical (unpaired) electrons. The predicted octanol–water partition coefficient (Wildman–Crippen LogP) is 3.59. The lowest BCUT2D eigenvalue weighted by Gasteiger charge is -2.00. The van der Waals surface area contributed by atoms with E-state index in [1.165, 1.54) is 16.9 Å². The van der Waals surface area contributed by atoms with Crippen LogP contribution >= 0.6 is 11.3 Å². The Labute approximate surface area is 132 Å². The zero-order valence-corrected chi connectivity index (χ0v) is 13.1. The average Bonchev–Trinajstić information content (AvgIpc) is 3.07. The van der Waals surface area contributed by atoms with Crippen LogP contribution in [0, 0.1) is 13.8 Å². The zero-order chi connectivity index (χ0) is 15.5. The highest BCUT2D eigenvalue weighted by atomic mass is 32.1. The maximum absolute atomic E-state index is 12.2. The highest BCUT2D eigenvalue weighted by Crippen LogP contribution is 2.22. The van der Waals surface area contributed by atoms with E-state index in [-0.39, 0.29) is 5.91 Å². The van der Waals surface area contributed by atoms with Gasteiger partial charge < -0.3 is 4.52 Å². The van der Waals surface area contributed by atoms with Gasteiger partial charge in [0.2, 0.25) is 0 Å². The van der Waals surface area contributed by atoms with Crippen molar-refractivity contribution in [3.05, 3.63) is 64.0 Å². The molecule has 0 atom stereocenters. The topological polar surface area (TPSA) is 68.0 Å². The second-order valence-electron chi connectivity index (χ2n) is 4.95. The first-order valence-electron chi connectivity index (χ1n) is 6.86. The van der Waals surface area contributed by atoms with Gasteiger partial charge in [-0.2, -0.15) is 0 Å². The molecule has 1 N–H and O–H groups in total. The second-order valence-corrected chi connectivity index (χ2v) is 6.06. The van der Waals surface area contributed by atoms with Crippen molar-refractivity contribution >= 4 is 22.4 Å². The van der Waals surface area contributed by atoms with Crippen LogP contribution < -0.4 is 5.32 Å². The number of hydrogen-bond donors (Lipinski definition) is 1. The summed E-state index contributed by atoms with van der Waals surface area (Å²) in [6, 6.07) is 10.2. The summed E-state index contributed by atoms with van der Waals surface area (Å²) in [5.74, 6) is 0.271. The number of aromatic nitrogens is 2. The van der Waals surface area contributed by atoms with Crippen molar-refractivity contribution in [2.75, 3.05) is 5.32 Å². The predicted molar refractivity (Wildman–Crippen MR) is 85.3 cm³/mol. The Bertz CT molecular complexity index is 773. The van der Waals surface area contributed by atoms with E-state index >= 15 is 0 Å². The van der Waals surface area contributed by atoms with Gasteiger partial charge in [-0.05, 0) is 19.4 Å². The van der Waals surface area contributed by atoms with E-state index < -0.39 is 0 Å². The quantitative estimate of drug-likeness (QED) is 0.799.